The third-order valence-corrected chi connectivity index (χ3v) is 7.97. The van der Waals surface area contributed by atoms with Crippen LogP contribution in [0.15, 0.2) is 36.4 Å². The molecule has 0 aliphatic heterocycles. The zero-order valence-corrected chi connectivity index (χ0v) is 17.7. The van der Waals surface area contributed by atoms with Crippen molar-refractivity contribution in [3.05, 3.63) is 70.8 Å². The van der Waals surface area contributed by atoms with Gasteiger partial charge in [0.25, 0.3) is 0 Å². The molecule has 0 spiro atoms. The van der Waals surface area contributed by atoms with Crippen LogP contribution in [0.3, 0.4) is 0 Å². The van der Waals surface area contributed by atoms with E-state index in [1.54, 1.807) is 0 Å². The second-order valence-corrected chi connectivity index (χ2v) is 9.43. The van der Waals surface area contributed by atoms with E-state index in [-0.39, 0.29) is 35.5 Å². The van der Waals surface area contributed by atoms with Crippen molar-refractivity contribution >= 4 is 11.6 Å². The minimum absolute atomic E-state index is 0.143. The quantitative estimate of drug-likeness (QED) is 0.595. The fourth-order valence-corrected chi connectivity index (χ4v) is 6.52. The molecule has 0 bridgehead atoms. The van der Waals surface area contributed by atoms with E-state index in [4.69, 9.17) is 0 Å². The van der Waals surface area contributed by atoms with Gasteiger partial charge in [-0.1, -0.05) is 12.1 Å². The number of hydrogen-bond donors (Lipinski definition) is 0. The first-order valence-corrected chi connectivity index (χ1v) is 11.0. The molecule has 4 nitrogen and oxygen atoms in total. The molecule has 8 atom stereocenters. The topological polar surface area (TPSA) is 81.7 Å². The van der Waals surface area contributed by atoms with Gasteiger partial charge in [0.05, 0.1) is 35.8 Å². The Balaban J connectivity index is 1.49. The highest BCUT2D eigenvalue weighted by atomic mass is 19.2. The number of nitrogens with zero attached hydrogens (tertiary/aromatic N) is 2. The predicted molar refractivity (Wildman–Crippen MR) is 110 cm³/mol. The normalized spacial score (nSPS) is 34.3. The molecule has 2 aromatic rings. The van der Waals surface area contributed by atoms with Crippen LogP contribution >= 0.6 is 0 Å². The maximum Gasteiger partial charge on any atom is 0.159 e. The third-order valence-electron chi connectivity index (χ3n) is 7.97. The first-order chi connectivity index (χ1) is 16.3. The van der Waals surface area contributed by atoms with Crippen LogP contribution < -0.4 is 0 Å². The lowest BCUT2D eigenvalue weighted by Gasteiger charge is -2.35. The minimum Gasteiger partial charge on any atom is -0.299 e. The Morgan fingerprint density at radius 3 is 1.41 bits per heavy atom. The van der Waals surface area contributed by atoms with Gasteiger partial charge >= 0.3 is 0 Å². The molecule has 0 heterocycles. The number of fused-ring (bicyclic) bond motifs is 2. The monoisotopic (exact) mass is 466 g/mol. The molecule has 0 aromatic heterocycles. The van der Waals surface area contributed by atoms with Crippen LogP contribution in [0.5, 0.6) is 0 Å². The highest BCUT2D eigenvalue weighted by Crippen LogP contribution is 2.59. The van der Waals surface area contributed by atoms with E-state index >= 15 is 0 Å². The lowest BCUT2D eigenvalue weighted by atomic mass is 9.67. The average Bonchev–Trinajstić information content (AvgIpc) is 3.26. The van der Waals surface area contributed by atoms with E-state index in [1.165, 1.54) is 12.1 Å². The number of nitriles is 2. The molecule has 2 aromatic carbocycles. The van der Waals surface area contributed by atoms with Crippen molar-refractivity contribution < 1.29 is 27.2 Å². The van der Waals surface area contributed by atoms with E-state index in [9.17, 15) is 37.7 Å². The maximum absolute atomic E-state index is 13.9. The van der Waals surface area contributed by atoms with Gasteiger partial charge in [0.15, 0.2) is 23.3 Å². The zero-order valence-electron chi connectivity index (χ0n) is 17.7. The van der Waals surface area contributed by atoms with Crippen LogP contribution in [-0.2, 0) is 9.59 Å². The van der Waals surface area contributed by atoms with Gasteiger partial charge in [0.1, 0.15) is 11.6 Å². The number of hydrogen-bond acceptors (Lipinski definition) is 4. The van der Waals surface area contributed by atoms with Crippen LogP contribution in [0.1, 0.15) is 35.8 Å². The molecule has 172 valence electrons. The number of benzene rings is 2. The first kappa shape index (κ1) is 22.3. The Bertz CT molecular complexity index is 1200. The van der Waals surface area contributed by atoms with Gasteiger partial charge in [-0.15, -0.1) is 0 Å². The van der Waals surface area contributed by atoms with Gasteiger partial charge in [-0.3, -0.25) is 9.59 Å². The molecule has 3 saturated carbocycles. The lowest BCUT2D eigenvalue weighted by Crippen LogP contribution is -2.34. The van der Waals surface area contributed by atoms with E-state index in [0.717, 1.165) is 24.3 Å². The molecule has 0 N–H and O–H groups in total. The number of carbonyl (C=O) groups excluding carboxylic acids is 2. The summed E-state index contributed by atoms with van der Waals surface area (Å²) in [6.45, 7) is 0. The van der Waals surface area contributed by atoms with Crippen LogP contribution in [0.4, 0.5) is 17.6 Å². The summed E-state index contributed by atoms with van der Waals surface area (Å²) in [4.78, 5) is 26.7. The van der Waals surface area contributed by atoms with Gasteiger partial charge in [-0.05, 0) is 60.1 Å². The first-order valence-electron chi connectivity index (χ1n) is 11.0. The van der Waals surface area contributed by atoms with Crippen LogP contribution in [0.2, 0.25) is 0 Å². The summed E-state index contributed by atoms with van der Waals surface area (Å²) in [5, 5.41) is 19.8. The summed E-state index contributed by atoms with van der Waals surface area (Å²) in [6.07, 6.45) is 0.410. The van der Waals surface area contributed by atoms with Crippen LogP contribution in [0.25, 0.3) is 0 Å². The van der Waals surface area contributed by atoms with E-state index in [2.05, 4.69) is 12.1 Å². The molecule has 34 heavy (non-hydrogen) atoms. The standard InChI is InChI=1S/C26H18F4N2O2/c27-19-3-1-11(5-21(19)29)23-17(9-31)13-7-14-16(8-15(13)25(23)33)26(34)24(18(14)10-32)12-2-4-20(28)22(30)6-12/h1-6,13-18,23-24H,7-8H2. The van der Waals surface area contributed by atoms with E-state index < -0.39 is 70.6 Å². The van der Waals surface area contributed by atoms with Gasteiger partial charge in [-0.2, -0.15) is 10.5 Å². The van der Waals surface area contributed by atoms with Crippen LogP contribution in [-0.4, -0.2) is 11.6 Å². The van der Waals surface area contributed by atoms with Gasteiger partial charge in [-0.25, -0.2) is 17.6 Å². The Hall–Kier alpha value is -3.52. The molecule has 8 heteroatoms. The summed E-state index contributed by atoms with van der Waals surface area (Å²) in [7, 11) is 0. The van der Waals surface area contributed by atoms with Crippen LogP contribution in [0, 0.1) is 81.4 Å². The summed E-state index contributed by atoms with van der Waals surface area (Å²) in [5.41, 5.74) is 0.440. The average molecular weight is 466 g/mol. The number of Topliss-reactive ketones (excluding diaryl/α,β-unsaturated/α-hetero) is 2. The fraction of sp³-hybridized carbons (Fsp3) is 0.385. The van der Waals surface area contributed by atoms with Crippen molar-refractivity contribution in [2.75, 3.05) is 0 Å². The largest absolute Gasteiger partial charge is 0.299 e. The second-order valence-electron chi connectivity index (χ2n) is 9.43. The molecule has 5 rings (SSSR count). The summed E-state index contributed by atoms with van der Waals surface area (Å²) in [6, 6.07) is 10.6. The SMILES string of the molecule is N#CC1C(c2ccc(F)c(F)c2)C(=O)C2CC3C(=O)C(c4ccc(F)c(F)c4)C(C#N)C3CC21. The van der Waals surface area contributed by atoms with Gasteiger partial charge in [0.2, 0.25) is 0 Å². The van der Waals surface area contributed by atoms with E-state index in [0.29, 0.717) is 0 Å². The molecule has 0 saturated heterocycles. The van der Waals surface area contributed by atoms with Crippen molar-refractivity contribution in [1.29, 1.82) is 10.5 Å². The zero-order chi connectivity index (χ0) is 24.3. The highest BCUT2D eigenvalue weighted by molar-refractivity contribution is 5.95. The summed E-state index contributed by atoms with van der Waals surface area (Å²) >= 11 is 0. The predicted octanol–water partition coefficient (Wildman–Crippen LogP) is 4.81. The van der Waals surface area contributed by atoms with Gasteiger partial charge < -0.3 is 0 Å². The van der Waals surface area contributed by atoms with Gasteiger partial charge in [0, 0.05) is 11.8 Å². The number of ketones is 2. The highest BCUT2D eigenvalue weighted by Gasteiger charge is 2.61. The van der Waals surface area contributed by atoms with Crippen molar-refractivity contribution in [1.82, 2.24) is 0 Å². The Kier molecular flexibility index (Phi) is 5.28. The molecular weight excluding hydrogens is 448 g/mol. The number of halogens is 4. The molecule has 0 amide bonds. The molecule has 0 radical (unpaired) electrons. The van der Waals surface area contributed by atoms with Crippen molar-refractivity contribution in [2.45, 2.75) is 24.7 Å². The molecule has 8 unspecified atom stereocenters. The summed E-state index contributed by atoms with van der Waals surface area (Å²) in [5.74, 6) is -10.5. The maximum atomic E-state index is 13.9. The third kappa shape index (κ3) is 3.16. The Labute approximate surface area is 192 Å². The number of carbonyl (C=O) groups is 2. The minimum atomic E-state index is -1.11. The molecule has 3 aliphatic rings. The Morgan fingerprint density at radius 1 is 0.647 bits per heavy atom. The fourth-order valence-electron chi connectivity index (χ4n) is 6.52. The van der Waals surface area contributed by atoms with Crippen molar-refractivity contribution in [2.24, 2.45) is 35.5 Å². The molecule has 3 aliphatic carbocycles. The number of rotatable bonds is 2. The Morgan fingerprint density at radius 2 is 1.06 bits per heavy atom. The smallest absolute Gasteiger partial charge is 0.159 e. The van der Waals surface area contributed by atoms with E-state index in [1.807, 2.05) is 0 Å². The molecular formula is C26H18F4N2O2. The molecule has 3 fully saturated rings. The second kappa shape index (κ2) is 8.06. The summed E-state index contributed by atoms with van der Waals surface area (Å²) < 4.78 is 54.6. The van der Waals surface area contributed by atoms with Crippen molar-refractivity contribution in [3.63, 3.8) is 0 Å². The van der Waals surface area contributed by atoms with Crippen molar-refractivity contribution in [3.8, 4) is 12.1 Å². The lowest BCUT2D eigenvalue weighted by molar-refractivity contribution is -0.127.